The Hall–Kier alpha value is -1.49. The predicted octanol–water partition coefficient (Wildman–Crippen LogP) is 2.30. The Morgan fingerprint density at radius 3 is 2.67 bits per heavy atom. The van der Waals surface area contributed by atoms with Gasteiger partial charge in [0.2, 0.25) is 21.1 Å². The van der Waals surface area contributed by atoms with Crippen molar-refractivity contribution in [1.82, 2.24) is 14.5 Å². The van der Waals surface area contributed by atoms with Crippen molar-refractivity contribution in [3.63, 3.8) is 0 Å². The van der Waals surface area contributed by atoms with Gasteiger partial charge < -0.3 is 0 Å². The van der Waals surface area contributed by atoms with E-state index in [2.05, 4.69) is 22.4 Å². The SMILES string of the molecule is CCCSc1nnc(NC(=O)CN(C)S(=O)(=O)c2ccccc2)s1. The van der Waals surface area contributed by atoms with Gasteiger partial charge in [-0.25, -0.2) is 8.42 Å². The van der Waals surface area contributed by atoms with Crippen molar-refractivity contribution in [2.45, 2.75) is 22.6 Å². The van der Waals surface area contributed by atoms with Crippen LogP contribution in [0.4, 0.5) is 5.13 Å². The van der Waals surface area contributed by atoms with Gasteiger partial charge >= 0.3 is 0 Å². The molecule has 0 aliphatic rings. The number of benzene rings is 1. The average Bonchev–Trinajstić information content (AvgIpc) is 3.00. The van der Waals surface area contributed by atoms with Gasteiger partial charge in [-0.3, -0.25) is 10.1 Å². The molecular weight excluding hydrogens is 368 g/mol. The van der Waals surface area contributed by atoms with Crippen molar-refractivity contribution in [3.05, 3.63) is 30.3 Å². The Morgan fingerprint density at radius 2 is 2.00 bits per heavy atom. The van der Waals surface area contributed by atoms with E-state index in [4.69, 9.17) is 0 Å². The summed E-state index contributed by atoms with van der Waals surface area (Å²) in [5.74, 6) is 0.473. The Labute approximate surface area is 149 Å². The third kappa shape index (κ3) is 5.00. The lowest BCUT2D eigenvalue weighted by molar-refractivity contribution is -0.116. The standard InChI is InChI=1S/C14H18N4O3S3/c1-3-9-22-14-17-16-13(23-14)15-12(19)10-18(2)24(20,21)11-7-5-4-6-8-11/h4-8H,3,9-10H2,1-2H3,(H,15,16,19). The molecule has 1 heterocycles. The van der Waals surface area contributed by atoms with E-state index in [1.54, 1.807) is 30.0 Å². The van der Waals surface area contributed by atoms with Gasteiger partial charge in [0.05, 0.1) is 11.4 Å². The average molecular weight is 387 g/mol. The molecule has 1 amide bonds. The molecule has 0 unspecified atom stereocenters. The first-order valence-corrected chi connectivity index (χ1v) is 10.4. The third-order valence-electron chi connectivity index (χ3n) is 2.90. The lowest BCUT2D eigenvalue weighted by Gasteiger charge is -2.16. The second kappa shape index (κ2) is 8.56. The molecule has 0 aliphatic heterocycles. The van der Waals surface area contributed by atoms with Crippen LogP contribution in [0.1, 0.15) is 13.3 Å². The summed E-state index contributed by atoms with van der Waals surface area (Å²) in [7, 11) is -2.33. The molecule has 10 heteroatoms. The minimum atomic E-state index is -3.70. The zero-order chi connectivity index (χ0) is 17.6. The van der Waals surface area contributed by atoms with Crippen LogP contribution in [0, 0.1) is 0 Å². The first-order chi connectivity index (χ1) is 11.4. The number of hydrogen-bond donors (Lipinski definition) is 1. The molecule has 24 heavy (non-hydrogen) atoms. The highest BCUT2D eigenvalue weighted by Crippen LogP contribution is 2.25. The van der Waals surface area contributed by atoms with E-state index >= 15 is 0 Å². The molecule has 0 saturated carbocycles. The summed E-state index contributed by atoms with van der Waals surface area (Å²) in [5.41, 5.74) is 0. The Bertz CT molecular complexity index is 778. The summed E-state index contributed by atoms with van der Waals surface area (Å²) in [6.45, 7) is 1.77. The molecule has 2 aromatic rings. The molecule has 1 aromatic carbocycles. The van der Waals surface area contributed by atoms with Gasteiger partial charge in [-0.1, -0.05) is 48.2 Å². The van der Waals surface area contributed by atoms with E-state index in [0.29, 0.717) is 5.13 Å². The fourth-order valence-electron chi connectivity index (χ4n) is 1.73. The molecular formula is C14H18N4O3S3. The Kier molecular flexibility index (Phi) is 6.72. The zero-order valence-electron chi connectivity index (χ0n) is 13.3. The van der Waals surface area contributed by atoms with Gasteiger partial charge in [-0.2, -0.15) is 4.31 Å². The lowest BCUT2D eigenvalue weighted by atomic mass is 10.4. The van der Waals surface area contributed by atoms with E-state index in [9.17, 15) is 13.2 Å². The molecule has 1 N–H and O–H groups in total. The van der Waals surface area contributed by atoms with E-state index in [-0.39, 0.29) is 11.4 Å². The number of nitrogens with one attached hydrogen (secondary N) is 1. The Balaban J connectivity index is 1.95. The van der Waals surface area contributed by atoms with Crippen LogP contribution in [-0.2, 0) is 14.8 Å². The number of amides is 1. The van der Waals surface area contributed by atoms with Crippen molar-refractivity contribution in [1.29, 1.82) is 0 Å². The summed E-state index contributed by atoms with van der Waals surface area (Å²) in [6, 6.07) is 7.99. The number of anilines is 1. The maximum atomic E-state index is 12.4. The minimum Gasteiger partial charge on any atom is -0.299 e. The van der Waals surface area contributed by atoms with E-state index in [0.717, 1.165) is 20.8 Å². The molecule has 0 radical (unpaired) electrons. The number of rotatable bonds is 8. The van der Waals surface area contributed by atoms with Crippen LogP contribution in [0.5, 0.6) is 0 Å². The van der Waals surface area contributed by atoms with Crippen LogP contribution in [0.3, 0.4) is 0 Å². The number of carbonyl (C=O) groups excluding carboxylic acids is 1. The topological polar surface area (TPSA) is 92.3 Å². The molecule has 2 rings (SSSR count). The van der Waals surface area contributed by atoms with Gasteiger partial charge in [-0.15, -0.1) is 10.2 Å². The van der Waals surface area contributed by atoms with Gasteiger partial charge in [-0.05, 0) is 18.6 Å². The van der Waals surface area contributed by atoms with Crippen molar-refractivity contribution in [2.75, 3.05) is 24.7 Å². The summed E-state index contributed by atoms with van der Waals surface area (Å²) >= 11 is 2.84. The fraction of sp³-hybridized carbons (Fsp3) is 0.357. The van der Waals surface area contributed by atoms with Gasteiger partial charge in [0.25, 0.3) is 0 Å². The highest BCUT2D eigenvalue weighted by atomic mass is 32.2. The molecule has 130 valence electrons. The molecule has 0 bridgehead atoms. The number of likely N-dealkylation sites (N-methyl/N-ethyl adjacent to an activating group) is 1. The largest absolute Gasteiger partial charge is 0.299 e. The van der Waals surface area contributed by atoms with Crippen LogP contribution in [-0.4, -0.2) is 48.2 Å². The van der Waals surface area contributed by atoms with Crippen molar-refractivity contribution in [3.8, 4) is 0 Å². The molecule has 0 spiro atoms. The molecule has 7 nitrogen and oxygen atoms in total. The number of aromatic nitrogens is 2. The highest BCUT2D eigenvalue weighted by molar-refractivity contribution is 8.01. The maximum absolute atomic E-state index is 12.4. The van der Waals surface area contributed by atoms with Crippen molar-refractivity contribution < 1.29 is 13.2 Å². The minimum absolute atomic E-state index is 0.148. The van der Waals surface area contributed by atoms with Gasteiger partial charge in [0, 0.05) is 12.8 Å². The normalized spacial score (nSPS) is 11.6. The van der Waals surface area contributed by atoms with Crippen molar-refractivity contribution in [2.24, 2.45) is 0 Å². The summed E-state index contributed by atoms with van der Waals surface area (Å²) in [6.07, 6.45) is 1.02. The second-order valence-electron chi connectivity index (χ2n) is 4.84. The second-order valence-corrected chi connectivity index (χ2v) is 9.21. The number of sulfonamides is 1. The highest BCUT2D eigenvalue weighted by Gasteiger charge is 2.23. The zero-order valence-corrected chi connectivity index (χ0v) is 15.7. The molecule has 0 atom stereocenters. The number of hydrogen-bond acceptors (Lipinski definition) is 7. The van der Waals surface area contributed by atoms with E-state index in [1.165, 1.54) is 30.5 Å². The molecule has 0 saturated heterocycles. The number of thioether (sulfide) groups is 1. The summed E-state index contributed by atoms with van der Waals surface area (Å²) in [4.78, 5) is 12.2. The fourth-order valence-corrected chi connectivity index (χ4v) is 4.57. The van der Waals surface area contributed by atoms with Crippen molar-refractivity contribution >= 4 is 44.2 Å². The van der Waals surface area contributed by atoms with Crippen LogP contribution < -0.4 is 5.32 Å². The molecule has 1 aromatic heterocycles. The van der Waals surface area contributed by atoms with E-state index < -0.39 is 15.9 Å². The van der Waals surface area contributed by atoms with E-state index in [1.807, 2.05) is 0 Å². The monoisotopic (exact) mass is 386 g/mol. The summed E-state index contributed by atoms with van der Waals surface area (Å²) in [5, 5.41) is 10.8. The maximum Gasteiger partial charge on any atom is 0.243 e. The first kappa shape index (κ1) is 18.8. The van der Waals surface area contributed by atoms with Crippen LogP contribution in [0.15, 0.2) is 39.6 Å². The van der Waals surface area contributed by atoms with Gasteiger partial charge in [0.15, 0.2) is 4.34 Å². The lowest BCUT2D eigenvalue weighted by Crippen LogP contribution is -2.34. The summed E-state index contributed by atoms with van der Waals surface area (Å²) < 4.78 is 26.5. The smallest absolute Gasteiger partial charge is 0.243 e. The van der Waals surface area contributed by atoms with Gasteiger partial charge in [0.1, 0.15) is 0 Å². The molecule has 0 aliphatic carbocycles. The Morgan fingerprint density at radius 1 is 1.29 bits per heavy atom. The first-order valence-electron chi connectivity index (χ1n) is 7.21. The quantitative estimate of drug-likeness (QED) is 0.553. The number of carbonyl (C=O) groups is 1. The van der Waals surface area contributed by atoms with Crippen LogP contribution in [0.25, 0.3) is 0 Å². The molecule has 0 fully saturated rings. The third-order valence-corrected chi connectivity index (χ3v) is 6.90. The predicted molar refractivity (Wildman–Crippen MR) is 95.8 cm³/mol. The van der Waals surface area contributed by atoms with Crippen LogP contribution >= 0.6 is 23.1 Å². The van der Waals surface area contributed by atoms with Crippen LogP contribution in [0.2, 0.25) is 0 Å². The number of nitrogens with zero attached hydrogens (tertiary/aromatic N) is 3.